The molecule has 0 bridgehead atoms. The molecule has 9 aromatic carbocycles. The van der Waals surface area contributed by atoms with Crippen LogP contribution >= 0.6 is 0 Å². The van der Waals surface area contributed by atoms with E-state index >= 15 is 0 Å². The predicted molar refractivity (Wildman–Crippen MR) is 273 cm³/mol. The van der Waals surface area contributed by atoms with Crippen LogP contribution in [-0.4, -0.2) is 14.5 Å². The van der Waals surface area contributed by atoms with Gasteiger partial charge in [0.15, 0.2) is 5.82 Å². The average Bonchev–Trinajstić information content (AvgIpc) is 3.75. The fourth-order valence-electron chi connectivity index (χ4n) is 9.25. The third-order valence-corrected chi connectivity index (χ3v) is 12.6. The van der Waals surface area contributed by atoms with Crippen molar-refractivity contribution in [3.05, 3.63) is 235 Å². The highest BCUT2D eigenvalue weighted by Crippen LogP contribution is 2.45. The third kappa shape index (κ3) is 7.61. The topological polar surface area (TPSA) is 126 Å². The van der Waals surface area contributed by atoms with Gasteiger partial charge in [-0.15, -0.1) is 0 Å². The predicted octanol–water partition coefficient (Wildman–Crippen LogP) is 14.7. The Hall–Kier alpha value is -10.2. The molecular formula is C62H35N7. The molecule has 69 heavy (non-hydrogen) atoms. The Morgan fingerprint density at radius 2 is 0.725 bits per heavy atom. The summed E-state index contributed by atoms with van der Waals surface area (Å²) in [6.45, 7) is 0. The van der Waals surface area contributed by atoms with Crippen LogP contribution in [0.5, 0.6) is 0 Å². The Labute approximate surface area is 398 Å². The molecule has 0 saturated carbocycles. The van der Waals surface area contributed by atoms with E-state index < -0.39 is 0 Å². The van der Waals surface area contributed by atoms with E-state index in [0.29, 0.717) is 28.1 Å². The number of aromatic nitrogens is 3. The van der Waals surface area contributed by atoms with Gasteiger partial charge in [0.05, 0.1) is 74.6 Å². The van der Waals surface area contributed by atoms with E-state index in [-0.39, 0.29) is 0 Å². The SMILES string of the molecule is N#Cc1ccc(-c2cc(-c3nc(-c4ccccc4)cc(-c4ccccc4)n3)cc(-c3ccc(C#N)cc3)c2-n2c3ccc(-c4ccccc4C#N)cc3c3cc(-c4ccccc4C#N)ccc32)cc1. The number of rotatable bonds is 8. The highest BCUT2D eigenvalue weighted by atomic mass is 15.0. The first-order valence-corrected chi connectivity index (χ1v) is 22.3. The van der Waals surface area contributed by atoms with E-state index in [1.807, 2.05) is 164 Å². The normalized spacial score (nSPS) is 10.8. The first kappa shape index (κ1) is 41.5. The summed E-state index contributed by atoms with van der Waals surface area (Å²) in [5.41, 5.74) is 15.9. The summed E-state index contributed by atoms with van der Waals surface area (Å²) in [6, 6.07) is 78.9. The van der Waals surface area contributed by atoms with Gasteiger partial charge < -0.3 is 4.57 Å². The number of fused-ring (bicyclic) bond motifs is 3. The van der Waals surface area contributed by atoms with Crippen molar-refractivity contribution in [2.24, 2.45) is 0 Å². The Bertz CT molecular complexity index is 3720. The molecule has 0 amide bonds. The molecule has 0 radical (unpaired) electrons. The van der Waals surface area contributed by atoms with Gasteiger partial charge in [-0.1, -0.05) is 133 Å². The largest absolute Gasteiger partial charge is 0.308 e. The lowest BCUT2D eigenvalue weighted by atomic mass is 9.91. The Morgan fingerprint density at radius 3 is 1.14 bits per heavy atom. The number of hydrogen-bond donors (Lipinski definition) is 0. The number of benzene rings is 9. The second-order valence-corrected chi connectivity index (χ2v) is 16.6. The fraction of sp³-hybridized carbons (Fsp3) is 0. The minimum absolute atomic E-state index is 0.523. The summed E-state index contributed by atoms with van der Waals surface area (Å²) in [6.07, 6.45) is 0. The molecule has 318 valence electrons. The molecule has 0 spiro atoms. The summed E-state index contributed by atoms with van der Waals surface area (Å²) in [5.74, 6) is 0.523. The van der Waals surface area contributed by atoms with Gasteiger partial charge in [0.25, 0.3) is 0 Å². The van der Waals surface area contributed by atoms with Crippen LogP contribution in [0.1, 0.15) is 22.3 Å². The molecule has 0 fully saturated rings. The summed E-state index contributed by atoms with van der Waals surface area (Å²) in [7, 11) is 0. The first-order valence-electron chi connectivity index (χ1n) is 22.3. The standard InChI is InChI=1S/C62H35N7/c63-36-40-19-23-42(24-20-40)53-33-50(62-67-57(44-11-3-1-4-12-44)35-58(68-62)45-13-5-2-6-14-45)34-54(43-25-21-41(37-64)22-26-43)61(53)69-59-29-27-46(51-17-9-7-15-48(51)38-65)31-55(59)56-32-47(28-30-60(56)69)52-18-10-8-16-49(52)39-66/h1-35H. The van der Waals surface area contributed by atoms with Crippen LogP contribution in [0.4, 0.5) is 0 Å². The minimum atomic E-state index is 0.523. The van der Waals surface area contributed by atoms with Crippen LogP contribution in [0.25, 0.3) is 106 Å². The molecule has 0 aliphatic heterocycles. The summed E-state index contributed by atoms with van der Waals surface area (Å²) in [4.78, 5) is 10.5. The van der Waals surface area contributed by atoms with Crippen molar-refractivity contribution < 1.29 is 0 Å². The van der Waals surface area contributed by atoms with Gasteiger partial charge >= 0.3 is 0 Å². The molecule has 0 unspecified atom stereocenters. The zero-order valence-corrected chi connectivity index (χ0v) is 36.8. The summed E-state index contributed by atoms with van der Waals surface area (Å²) < 4.78 is 2.28. The van der Waals surface area contributed by atoms with Crippen molar-refractivity contribution in [3.63, 3.8) is 0 Å². The van der Waals surface area contributed by atoms with Gasteiger partial charge in [-0.05, 0) is 112 Å². The van der Waals surface area contributed by atoms with Gasteiger partial charge in [0.2, 0.25) is 0 Å². The molecule has 0 aliphatic carbocycles. The Kier molecular flexibility index (Phi) is 10.6. The van der Waals surface area contributed by atoms with Crippen LogP contribution in [0, 0.1) is 45.3 Å². The van der Waals surface area contributed by atoms with Gasteiger partial charge in [-0.2, -0.15) is 21.0 Å². The Morgan fingerprint density at radius 1 is 0.319 bits per heavy atom. The van der Waals surface area contributed by atoms with Crippen LogP contribution < -0.4 is 0 Å². The highest BCUT2D eigenvalue weighted by Gasteiger charge is 2.24. The third-order valence-electron chi connectivity index (χ3n) is 12.6. The zero-order chi connectivity index (χ0) is 46.8. The molecule has 0 aliphatic rings. The maximum atomic E-state index is 10.2. The lowest BCUT2D eigenvalue weighted by Crippen LogP contribution is -2.03. The molecule has 2 aromatic heterocycles. The highest BCUT2D eigenvalue weighted by molar-refractivity contribution is 6.13. The van der Waals surface area contributed by atoms with Crippen LogP contribution in [-0.2, 0) is 0 Å². The monoisotopic (exact) mass is 877 g/mol. The maximum Gasteiger partial charge on any atom is 0.160 e. The van der Waals surface area contributed by atoms with E-state index in [0.717, 1.165) is 100 Å². The first-order chi connectivity index (χ1) is 34.0. The molecule has 7 heteroatoms. The van der Waals surface area contributed by atoms with Crippen LogP contribution in [0.2, 0.25) is 0 Å². The van der Waals surface area contributed by atoms with Crippen molar-refractivity contribution in [2.45, 2.75) is 0 Å². The van der Waals surface area contributed by atoms with Crippen molar-refractivity contribution in [2.75, 3.05) is 0 Å². The van der Waals surface area contributed by atoms with Gasteiger partial charge in [0.1, 0.15) is 0 Å². The average molecular weight is 878 g/mol. The molecule has 0 N–H and O–H groups in total. The van der Waals surface area contributed by atoms with E-state index in [9.17, 15) is 21.0 Å². The summed E-state index contributed by atoms with van der Waals surface area (Å²) >= 11 is 0. The van der Waals surface area contributed by atoms with Gasteiger partial charge in [0, 0.05) is 38.6 Å². The maximum absolute atomic E-state index is 10.2. The van der Waals surface area contributed by atoms with Crippen molar-refractivity contribution >= 4 is 21.8 Å². The van der Waals surface area contributed by atoms with Gasteiger partial charge in [-0.25, -0.2) is 9.97 Å². The van der Waals surface area contributed by atoms with E-state index in [1.54, 1.807) is 0 Å². The van der Waals surface area contributed by atoms with Crippen LogP contribution in [0.15, 0.2) is 212 Å². The molecule has 0 atom stereocenters. The number of nitriles is 4. The van der Waals surface area contributed by atoms with Gasteiger partial charge in [-0.3, -0.25) is 0 Å². The second kappa shape index (κ2) is 17.7. The van der Waals surface area contributed by atoms with Crippen molar-refractivity contribution in [1.82, 2.24) is 14.5 Å². The minimum Gasteiger partial charge on any atom is -0.308 e. The number of nitrogens with zero attached hydrogens (tertiary/aromatic N) is 7. The molecule has 2 heterocycles. The lowest BCUT2D eigenvalue weighted by Gasteiger charge is -2.21. The fourth-order valence-corrected chi connectivity index (χ4v) is 9.25. The molecule has 11 rings (SSSR count). The van der Waals surface area contributed by atoms with Crippen molar-refractivity contribution in [1.29, 1.82) is 21.0 Å². The van der Waals surface area contributed by atoms with E-state index in [4.69, 9.17) is 9.97 Å². The molecular weight excluding hydrogens is 843 g/mol. The smallest absolute Gasteiger partial charge is 0.160 e. The molecule has 7 nitrogen and oxygen atoms in total. The van der Waals surface area contributed by atoms with E-state index in [1.165, 1.54) is 0 Å². The molecule has 0 saturated heterocycles. The van der Waals surface area contributed by atoms with Crippen molar-refractivity contribution in [3.8, 4) is 108 Å². The van der Waals surface area contributed by atoms with Crippen LogP contribution in [0.3, 0.4) is 0 Å². The summed E-state index contributed by atoms with van der Waals surface area (Å²) in [5, 5.41) is 42.2. The lowest BCUT2D eigenvalue weighted by molar-refractivity contribution is 1.17. The Balaban J connectivity index is 1.27. The van der Waals surface area contributed by atoms with E-state index in [2.05, 4.69) is 77.4 Å². The molecule has 11 aromatic rings. The quantitative estimate of drug-likeness (QED) is 0.150. The second-order valence-electron chi connectivity index (χ2n) is 16.6. The zero-order valence-electron chi connectivity index (χ0n) is 36.8. The number of hydrogen-bond acceptors (Lipinski definition) is 6.